The second kappa shape index (κ2) is 8.66. The fraction of sp³-hybridized carbons (Fsp3) is 0.375. The average Bonchev–Trinajstić information content (AvgIpc) is 2.76. The predicted octanol–water partition coefficient (Wildman–Crippen LogP) is 4.85. The van der Waals surface area contributed by atoms with Gasteiger partial charge in [0.2, 0.25) is 0 Å². The molecule has 2 atom stereocenters. The number of carbonyl (C=O) groups is 2. The van der Waals surface area contributed by atoms with E-state index in [0.717, 1.165) is 30.9 Å². The van der Waals surface area contributed by atoms with Crippen molar-refractivity contribution in [3.05, 3.63) is 71.0 Å². The Bertz CT molecular complexity index is 972. The zero-order valence-electron chi connectivity index (χ0n) is 16.6. The fourth-order valence-electron chi connectivity index (χ4n) is 4.72. The van der Waals surface area contributed by atoms with Gasteiger partial charge in [-0.05, 0) is 55.9 Å². The molecule has 0 aliphatic carbocycles. The van der Waals surface area contributed by atoms with Crippen molar-refractivity contribution in [3.63, 3.8) is 0 Å². The Morgan fingerprint density at radius 2 is 1.80 bits per heavy atom. The molecule has 154 valence electrons. The van der Waals surface area contributed by atoms with Crippen LogP contribution >= 0.6 is 0 Å². The van der Waals surface area contributed by atoms with Crippen molar-refractivity contribution in [1.82, 2.24) is 4.90 Å². The molecule has 2 unspecified atom stereocenters. The van der Waals surface area contributed by atoms with Crippen LogP contribution in [-0.4, -0.2) is 28.9 Å². The summed E-state index contributed by atoms with van der Waals surface area (Å²) in [7, 11) is 0. The van der Waals surface area contributed by atoms with Gasteiger partial charge >= 0.3 is 6.09 Å². The molecule has 4 rings (SSSR count). The lowest BCUT2D eigenvalue weighted by Crippen LogP contribution is -2.55. The number of carbonyl (C=O) groups excluding carboxylic acids is 2. The van der Waals surface area contributed by atoms with E-state index in [1.54, 1.807) is 0 Å². The minimum absolute atomic E-state index is 0.0567. The van der Waals surface area contributed by atoms with Crippen LogP contribution in [-0.2, 0) is 11.3 Å². The van der Waals surface area contributed by atoms with Crippen molar-refractivity contribution >= 4 is 11.9 Å². The molecule has 0 aromatic heterocycles. The lowest BCUT2D eigenvalue weighted by atomic mass is 9.75. The molecule has 0 N–H and O–H groups in total. The zero-order valence-corrected chi connectivity index (χ0v) is 16.6. The number of ketones is 1. The lowest BCUT2D eigenvalue weighted by molar-refractivity contribution is 0.00472. The van der Waals surface area contributed by atoms with Crippen LogP contribution in [0, 0.1) is 23.1 Å². The summed E-state index contributed by atoms with van der Waals surface area (Å²) in [5.74, 6) is -1.02. The van der Waals surface area contributed by atoms with Crippen molar-refractivity contribution in [2.75, 3.05) is 0 Å². The number of rotatable bonds is 4. The van der Waals surface area contributed by atoms with Crippen LogP contribution < -0.4 is 0 Å². The van der Waals surface area contributed by atoms with Gasteiger partial charge in [0.25, 0.3) is 0 Å². The predicted molar refractivity (Wildman–Crippen MR) is 108 cm³/mol. The molecule has 1 amide bonds. The van der Waals surface area contributed by atoms with Gasteiger partial charge in [-0.1, -0.05) is 30.3 Å². The first-order chi connectivity index (χ1) is 14.5. The van der Waals surface area contributed by atoms with E-state index in [1.165, 1.54) is 12.1 Å². The SMILES string of the molecule is N#Cc1cc(F)cc(C(=O)C2CC3CCCC(C2)N3C(=O)OCc2ccccc2)c1. The van der Waals surface area contributed by atoms with E-state index in [1.807, 2.05) is 41.3 Å². The highest BCUT2D eigenvalue weighted by Crippen LogP contribution is 2.39. The minimum atomic E-state index is -0.584. The molecule has 2 bridgehead atoms. The van der Waals surface area contributed by atoms with Crippen molar-refractivity contribution in [2.45, 2.75) is 50.8 Å². The quantitative estimate of drug-likeness (QED) is 0.681. The summed E-state index contributed by atoms with van der Waals surface area (Å²) in [5.41, 5.74) is 1.30. The third-order valence-electron chi connectivity index (χ3n) is 6.07. The summed E-state index contributed by atoms with van der Waals surface area (Å²) in [6, 6.07) is 15.1. The van der Waals surface area contributed by atoms with Crippen molar-refractivity contribution in [2.24, 2.45) is 5.92 Å². The van der Waals surface area contributed by atoms with Crippen molar-refractivity contribution in [1.29, 1.82) is 5.26 Å². The molecule has 2 aliphatic rings. The van der Waals surface area contributed by atoms with E-state index >= 15 is 0 Å². The van der Waals surface area contributed by atoms with Gasteiger partial charge < -0.3 is 9.64 Å². The Kier molecular flexibility index (Phi) is 5.80. The Balaban J connectivity index is 1.45. The highest BCUT2D eigenvalue weighted by atomic mass is 19.1. The summed E-state index contributed by atoms with van der Waals surface area (Å²) < 4.78 is 19.3. The molecule has 2 heterocycles. The van der Waals surface area contributed by atoms with Gasteiger partial charge in [0.1, 0.15) is 12.4 Å². The van der Waals surface area contributed by atoms with Crippen LogP contribution in [0.2, 0.25) is 0 Å². The van der Waals surface area contributed by atoms with Crippen LogP contribution in [0.1, 0.15) is 53.6 Å². The molecule has 6 heteroatoms. The van der Waals surface area contributed by atoms with E-state index < -0.39 is 5.82 Å². The molecular weight excluding hydrogens is 383 g/mol. The molecular formula is C24H23FN2O3. The van der Waals surface area contributed by atoms with Crippen LogP contribution in [0.5, 0.6) is 0 Å². The summed E-state index contributed by atoms with van der Waals surface area (Å²) in [6.07, 6.45) is 3.40. The number of amides is 1. The third kappa shape index (κ3) is 4.20. The first-order valence-electron chi connectivity index (χ1n) is 10.3. The second-order valence-corrected chi connectivity index (χ2v) is 8.06. The lowest BCUT2D eigenvalue weighted by Gasteiger charge is -2.47. The zero-order chi connectivity index (χ0) is 21.1. The van der Waals surface area contributed by atoms with Gasteiger partial charge in [0.15, 0.2) is 5.78 Å². The van der Waals surface area contributed by atoms with E-state index in [2.05, 4.69) is 0 Å². The highest BCUT2D eigenvalue weighted by Gasteiger charge is 2.43. The second-order valence-electron chi connectivity index (χ2n) is 8.06. The van der Waals surface area contributed by atoms with Gasteiger partial charge in [-0.3, -0.25) is 4.79 Å². The number of halogens is 1. The molecule has 0 radical (unpaired) electrons. The number of Topliss-reactive ketones (excluding diaryl/α,β-unsaturated/α-hetero) is 1. The van der Waals surface area contributed by atoms with E-state index in [9.17, 15) is 14.0 Å². The smallest absolute Gasteiger partial charge is 0.410 e. The first kappa shape index (κ1) is 20.1. The van der Waals surface area contributed by atoms with Crippen LogP contribution in [0.25, 0.3) is 0 Å². The Morgan fingerprint density at radius 3 is 2.47 bits per heavy atom. The number of fused-ring (bicyclic) bond motifs is 2. The van der Waals surface area contributed by atoms with E-state index in [4.69, 9.17) is 10.00 Å². The molecule has 2 aromatic rings. The van der Waals surface area contributed by atoms with Gasteiger partial charge in [-0.2, -0.15) is 5.26 Å². The highest BCUT2D eigenvalue weighted by molar-refractivity contribution is 5.98. The van der Waals surface area contributed by atoms with Gasteiger partial charge in [-0.25, -0.2) is 9.18 Å². The molecule has 2 aromatic carbocycles. The number of hydrogen-bond donors (Lipinski definition) is 0. The van der Waals surface area contributed by atoms with E-state index in [0.29, 0.717) is 12.8 Å². The Morgan fingerprint density at radius 1 is 1.10 bits per heavy atom. The topological polar surface area (TPSA) is 70.4 Å². The number of piperidine rings is 2. The number of nitrogens with zero attached hydrogens (tertiary/aromatic N) is 2. The van der Waals surface area contributed by atoms with Crippen LogP contribution in [0.15, 0.2) is 48.5 Å². The maximum absolute atomic E-state index is 13.8. The van der Waals surface area contributed by atoms with Crippen LogP contribution in [0.3, 0.4) is 0 Å². The molecule has 2 saturated heterocycles. The van der Waals surface area contributed by atoms with E-state index in [-0.39, 0.29) is 47.6 Å². The largest absolute Gasteiger partial charge is 0.445 e. The summed E-state index contributed by atoms with van der Waals surface area (Å²) in [5, 5.41) is 9.05. The molecule has 0 saturated carbocycles. The van der Waals surface area contributed by atoms with Gasteiger partial charge in [0.05, 0.1) is 11.6 Å². The number of hydrogen-bond acceptors (Lipinski definition) is 4. The van der Waals surface area contributed by atoms with Crippen molar-refractivity contribution in [3.8, 4) is 6.07 Å². The molecule has 2 aliphatic heterocycles. The third-order valence-corrected chi connectivity index (χ3v) is 6.07. The number of ether oxygens (including phenoxy) is 1. The van der Waals surface area contributed by atoms with Crippen LogP contribution in [0.4, 0.5) is 9.18 Å². The number of benzene rings is 2. The summed E-state index contributed by atoms with van der Waals surface area (Å²) >= 11 is 0. The average molecular weight is 406 g/mol. The molecule has 0 spiro atoms. The normalized spacial score (nSPS) is 22.8. The maximum Gasteiger partial charge on any atom is 0.410 e. The Labute approximate surface area is 175 Å². The van der Waals surface area contributed by atoms with Crippen molar-refractivity contribution < 1.29 is 18.7 Å². The molecule has 5 nitrogen and oxygen atoms in total. The monoisotopic (exact) mass is 406 g/mol. The first-order valence-corrected chi connectivity index (χ1v) is 10.3. The summed E-state index contributed by atoms with van der Waals surface area (Å²) in [6.45, 7) is 0.220. The molecule has 2 fully saturated rings. The molecule has 30 heavy (non-hydrogen) atoms. The maximum atomic E-state index is 13.8. The number of nitriles is 1. The van der Waals surface area contributed by atoms with Gasteiger partial charge in [-0.15, -0.1) is 0 Å². The fourth-order valence-corrected chi connectivity index (χ4v) is 4.72. The minimum Gasteiger partial charge on any atom is -0.445 e. The van der Waals surface area contributed by atoms with Gasteiger partial charge in [0, 0.05) is 23.6 Å². The Hall–Kier alpha value is -3.20. The summed E-state index contributed by atoms with van der Waals surface area (Å²) in [4.78, 5) is 27.6. The standard InChI is InChI=1S/C24H23FN2O3/c25-20-10-17(14-26)9-18(11-20)23(28)19-12-21-7-4-8-22(13-19)27(21)24(29)30-15-16-5-2-1-3-6-16/h1-3,5-6,9-11,19,21-22H,4,7-8,12-13,15H2.